The summed E-state index contributed by atoms with van der Waals surface area (Å²) in [5.41, 5.74) is 4.75. The van der Waals surface area contributed by atoms with Gasteiger partial charge in [0.05, 0.1) is 18.9 Å². The lowest BCUT2D eigenvalue weighted by Gasteiger charge is -2.05. The maximum Gasteiger partial charge on any atom is 0.343 e. The number of carbonyl (C=O) groups is 3. The highest BCUT2D eigenvalue weighted by molar-refractivity contribution is 6.39. The Labute approximate surface area is 184 Å². The molecule has 3 aromatic carbocycles. The Bertz CT molecular complexity index is 1120. The van der Waals surface area contributed by atoms with Crippen molar-refractivity contribution in [3.05, 3.63) is 89.5 Å². The van der Waals surface area contributed by atoms with Gasteiger partial charge < -0.3 is 14.8 Å². The van der Waals surface area contributed by atoms with E-state index in [1.54, 1.807) is 60.7 Å². The van der Waals surface area contributed by atoms with Crippen LogP contribution in [0.4, 0.5) is 5.69 Å². The monoisotopic (exact) mass is 431 g/mol. The molecule has 0 aromatic heterocycles. The van der Waals surface area contributed by atoms with Crippen molar-refractivity contribution in [1.29, 1.82) is 0 Å². The van der Waals surface area contributed by atoms with Crippen LogP contribution in [0.5, 0.6) is 11.5 Å². The first kappa shape index (κ1) is 22.2. The van der Waals surface area contributed by atoms with Crippen molar-refractivity contribution in [2.75, 3.05) is 12.4 Å². The second-order valence-electron chi connectivity index (χ2n) is 6.71. The first-order valence-electron chi connectivity index (χ1n) is 9.62. The first-order valence-corrected chi connectivity index (χ1v) is 9.62. The van der Waals surface area contributed by atoms with E-state index in [0.29, 0.717) is 28.3 Å². The van der Waals surface area contributed by atoms with Crippen LogP contribution in [-0.4, -0.2) is 31.1 Å². The van der Waals surface area contributed by atoms with Crippen LogP contribution in [0.3, 0.4) is 0 Å². The molecule has 0 aliphatic heterocycles. The normalized spacial score (nSPS) is 10.4. The molecule has 0 aliphatic rings. The van der Waals surface area contributed by atoms with E-state index < -0.39 is 17.8 Å². The van der Waals surface area contributed by atoms with Crippen LogP contribution in [0.1, 0.15) is 21.5 Å². The number of ether oxygens (including phenoxy) is 2. The Morgan fingerprint density at radius 3 is 2.06 bits per heavy atom. The van der Waals surface area contributed by atoms with Crippen LogP contribution in [0.2, 0.25) is 0 Å². The van der Waals surface area contributed by atoms with E-state index in [0.717, 1.165) is 5.56 Å². The Hall–Kier alpha value is -4.46. The van der Waals surface area contributed by atoms with E-state index >= 15 is 0 Å². The van der Waals surface area contributed by atoms with Gasteiger partial charge in [-0.05, 0) is 73.2 Å². The zero-order chi connectivity index (χ0) is 22.9. The average Bonchev–Trinajstić information content (AvgIpc) is 2.81. The van der Waals surface area contributed by atoms with Crippen LogP contribution in [0, 0.1) is 6.92 Å². The Balaban J connectivity index is 1.49. The van der Waals surface area contributed by atoms with Crippen LogP contribution in [0.15, 0.2) is 77.9 Å². The molecule has 32 heavy (non-hydrogen) atoms. The number of aryl methyl sites for hydroxylation is 1. The second kappa shape index (κ2) is 10.5. The highest BCUT2D eigenvalue weighted by Crippen LogP contribution is 2.15. The molecule has 2 amide bonds. The molecule has 162 valence electrons. The number of anilines is 1. The molecule has 0 fully saturated rings. The molecule has 2 N–H and O–H groups in total. The lowest BCUT2D eigenvalue weighted by atomic mass is 10.1. The molecule has 0 saturated carbocycles. The molecule has 0 saturated heterocycles. The largest absolute Gasteiger partial charge is 0.497 e. The number of hydrogen-bond acceptors (Lipinski definition) is 6. The summed E-state index contributed by atoms with van der Waals surface area (Å²) >= 11 is 0. The van der Waals surface area contributed by atoms with Crippen molar-refractivity contribution < 1.29 is 23.9 Å². The summed E-state index contributed by atoms with van der Waals surface area (Å²) in [6, 6.07) is 20.1. The van der Waals surface area contributed by atoms with Gasteiger partial charge in [0, 0.05) is 5.69 Å². The van der Waals surface area contributed by atoms with Crippen molar-refractivity contribution in [1.82, 2.24) is 5.43 Å². The number of esters is 1. The fraction of sp³-hybridized carbons (Fsp3) is 0.0833. The number of hydrogen-bond donors (Lipinski definition) is 2. The summed E-state index contributed by atoms with van der Waals surface area (Å²) in [4.78, 5) is 35.9. The molecule has 0 heterocycles. The first-order chi connectivity index (χ1) is 15.4. The van der Waals surface area contributed by atoms with E-state index in [4.69, 9.17) is 9.47 Å². The SMILES string of the molecule is COc1ccc(NC(=O)C(=O)N/N=C/c2ccc(OC(=O)c3ccc(C)cc3)cc2)cc1. The van der Waals surface area contributed by atoms with Gasteiger partial charge in [0.2, 0.25) is 0 Å². The van der Waals surface area contributed by atoms with Gasteiger partial charge >= 0.3 is 17.8 Å². The average molecular weight is 431 g/mol. The van der Waals surface area contributed by atoms with E-state index in [1.807, 2.05) is 19.1 Å². The number of hydrazone groups is 1. The number of methoxy groups -OCH3 is 1. The van der Waals surface area contributed by atoms with Gasteiger partial charge in [-0.25, -0.2) is 10.2 Å². The maximum absolute atomic E-state index is 12.1. The molecule has 0 unspecified atom stereocenters. The highest BCUT2D eigenvalue weighted by atomic mass is 16.5. The summed E-state index contributed by atoms with van der Waals surface area (Å²) in [7, 11) is 1.53. The van der Waals surface area contributed by atoms with Crippen LogP contribution < -0.4 is 20.2 Å². The van der Waals surface area contributed by atoms with Gasteiger partial charge in [0.25, 0.3) is 0 Å². The van der Waals surface area contributed by atoms with Gasteiger partial charge in [-0.3, -0.25) is 9.59 Å². The number of amides is 2. The number of nitrogens with one attached hydrogen (secondary N) is 2. The van der Waals surface area contributed by atoms with Crippen LogP contribution in [0.25, 0.3) is 0 Å². The fourth-order valence-electron chi connectivity index (χ4n) is 2.56. The molecule has 0 aliphatic carbocycles. The zero-order valence-electron chi connectivity index (χ0n) is 17.5. The second-order valence-corrected chi connectivity index (χ2v) is 6.71. The fourth-order valence-corrected chi connectivity index (χ4v) is 2.56. The standard InChI is InChI=1S/C24H21N3O5/c1-16-3-7-18(8-4-16)24(30)32-21-11-5-17(6-12-21)15-25-27-23(29)22(28)26-19-9-13-20(31-2)14-10-19/h3-15H,1-2H3,(H,26,28)(H,27,29)/b25-15+. The third-order valence-corrected chi connectivity index (χ3v) is 4.31. The number of carbonyl (C=O) groups excluding carboxylic acids is 3. The van der Waals surface area contributed by atoms with Crippen LogP contribution in [-0.2, 0) is 9.59 Å². The molecule has 0 spiro atoms. The molecule has 0 radical (unpaired) electrons. The lowest BCUT2D eigenvalue weighted by molar-refractivity contribution is -0.136. The topological polar surface area (TPSA) is 106 Å². The molecule has 0 bridgehead atoms. The number of nitrogens with zero attached hydrogens (tertiary/aromatic N) is 1. The molecular weight excluding hydrogens is 410 g/mol. The maximum atomic E-state index is 12.1. The minimum Gasteiger partial charge on any atom is -0.497 e. The van der Waals surface area contributed by atoms with Crippen molar-refractivity contribution in [2.24, 2.45) is 5.10 Å². The van der Waals surface area contributed by atoms with Crippen molar-refractivity contribution in [2.45, 2.75) is 6.92 Å². The summed E-state index contributed by atoms with van der Waals surface area (Å²) in [5, 5.41) is 6.22. The van der Waals surface area contributed by atoms with E-state index in [1.165, 1.54) is 13.3 Å². The zero-order valence-corrected chi connectivity index (χ0v) is 17.5. The minimum absolute atomic E-state index is 0.371. The van der Waals surface area contributed by atoms with Gasteiger partial charge in [-0.2, -0.15) is 5.10 Å². The molecule has 3 aromatic rings. The van der Waals surface area contributed by atoms with Gasteiger partial charge in [-0.1, -0.05) is 17.7 Å². The predicted octanol–water partition coefficient (Wildman–Crippen LogP) is 3.31. The minimum atomic E-state index is -0.916. The summed E-state index contributed by atoms with van der Waals surface area (Å²) in [6.45, 7) is 1.94. The van der Waals surface area contributed by atoms with Gasteiger partial charge in [0.15, 0.2) is 0 Å². The molecule has 3 rings (SSSR count). The predicted molar refractivity (Wildman–Crippen MR) is 120 cm³/mol. The third kappa shape index (κ3) is 6.27. The highest BCUT2D eigenvalue weighted by Gasteiger charge is 2.13. The molecule has 8 heteroatoms. The van der Waals surface area contributed by atoms with Gasteiger partial charge in [0.1, 0.15) is 11.5 Å². The van der Waals surface area contributed by atoms with Crippen LogP contribution >= 0.6 is 0 Å². The van der Waals surface area contributed by atoms with Crippen molar-refractivity contribution >= 4 is 29.7 Å². The third-order valence-electron chi connectivity index (χ3n) is 4.31. The summed E-state index contributed by atoms with van der Waals surface area (Å²) < 4.78 is 10.4. The van der Waals surface area contributed by atoms with Gasteiger partial charge in [-0.15, -0.1) is 0 Å². The number of rotatable bonds is 6. The summed E-state index contributed by atoms with van der Waals surface area (Å²) in [5.74, 6) is -1.23. The van der Waals surface area contributed by atoms with Crippen molar-refractivity contribution in [3.63, 3.8) is 0 Å². The Morgan fingerprint density at radius 1 is 0.812 bits per heavy atom. The molecule has 8 nitrogen and oxygen atoms in total. The van der Waals surface area contributed by atoms with E-state index in [-0.39, 0.29) is 0 Å². The smallest absolute Gasteiger partial charge is 0.343 e. The van der Waals surface area contributed by atoms with E-state index in [9.17, 15) is 14.4 Å². The van der Waals surface area contributed by atoms with E-state index in [2.05, 4.69) is 15.8 Å². The number of benzene rings is 3. The Morgan fingerprint density at radius 2 is 1.44 bits per heavy atom. The Kier molecular flexibility index (Phi) is 7.32. The lowest BCUT2D eigenvalue weighted by Crippen LogP contribution is -2.32. The van der Waals surface area contributed by atoms with Crippen molar-refractivity contribution in [3.8, 4) is 11.5 Å². The molecular formula is C24H21N3O5. The summed E-state index contributed by atoms with van der Waals surface area (Å²) in [6.07, 6.45) is 1.37. The quantitative estimate of drug-likeness (QED) is 0.205. The molecule has 0 atom stereocenters.